The lowest BCUT2D eigenvalue weighted by Crippen LogP contribution is -2.46. The fourth-order valence-corrected chi connectivity index (χ4v) is 4.00. The van der Waals surface area contributed by atoms with Crippen LogP contribution in [0.1, 0.15) is 10.4 Å². The maximum atomic E-state index is 6.28. The molecule has 3 rings (SSSR count). The zero-order chi connectivity index (χ0) is 16.4. The number of thiazole rings is 1. The normalized spacial score (nSPS) is 15.9. The van der Waals surface area contributed by atoms with Crippen molar-refractivity contribution in [3.8, 4) is 0 Å². The Hall–Kier alpha value is -1.37. The van der Waals surface area contributed by atoms with Crippen LogP contribution in [0.15, 0.2) is 18.5 Å². The molecular formula is C16H22ClN5S. The molecule has 0 saturated carbocycles. The predicted molar refractivity (Wildman–Crippen MR) is 97.9 cm³/mol. The van der Waals surface area contributed by atoms with Gasteiger partial charge in [0, 0.05) is 64.9 Å². The molecule has 0 spiro atoms. The summed E-state index contributed by atoms with van der Waals surface area (Å²) < 4.78 is 0. The maximum absolute atomic E-state index is 6.28. The van der Waals surface area contributed by atoms with Crippen LogP contribution in [0.25, 0.3) is 0 Å². The van der Waals surface area contributed by atoms with Gasteiger partial charge in [0.15, 0.2) is 5.13 Å². The van der Waals surface area contributed by atoms with Gasteiger partial charge in [-0.15, -0.1) is 0 Å². The summed E-state index contributed by atoms with van der Waals surface area (Å²) in [7, 11) is 3.99. The second-order valence-electron chi connectivity index (χ2n) is 6.03. The van der Waals surface area contributed by atoms with Gasteiger partial charge in [0.1, 0.15) is 5.15 Å². The standard InChI is InChI=1S/C16H22ClN5S/c1-12-10-18-5-4-13(12)22-8-6-21(7-9-22)11-14-15(17)19-16(23-14)20(2)3/h4-5,10H,6-9,11H2,1-3H3. The van der Waals surface area contributed by atoms with Crippen molar-refractivity contribution in [2.75, 3.05) is 50.1 Å². The van der Waals surface area contributed by atoms with Crippen molar-refractivity contribution in [2.45, 2.75) is 13.5 Å². The molecule has 1 aliphatic rings. The van der Waals surface area contributed by atoms with Crippen LogP contribution in [0.4, 0.5) is 10.8 Å². The van der Waals surface area contributed by atoms with Gasteiger partial charge in [-0.25, -0.2) is 4.98 Å². The highest BCUT2D eigenvalue weighted by molar-refractivity contribution is 7.16. The second kappa shape index (κ2) is 7.03. The number of nitrogens with zero attached hydrogens (tertiary/aromatic N) is 5. The van der Waals surface area contributed by atoms with E-state index in [2.05, 4.69) is 32.8 Å². The molecule has 0 N–H and O–H groups in total. The van der Waals surface area contributed by atoms with E-state index in [0.29, 0.717) is 5.15 Å². The average Bonchev–Trinajstić information content (AvgIpc) is 2.90. The summed E-state index contributed by atoms with van der Waals surface area (Å²) in [6.45, 7) is 7.13. The Labute approximate surface area is 146 Å². The van der Waals surface area contributed by atoms with Crippen molar-refractivity contribution in [3.05, 3.63) is 34.1 Å². The molecule has 2 aromatic heterocycles. The Balaban J connectivity index is 1.60. The quantitative estimate of drug-likeness (QED) is 0.846. The van der Waals surface area contributed by atoms with Gasteiger partial charge in [-0.2, -0.15) is 0 Å². The first-order valence-electron chi connectivity index (χ1n) is 7.75. The summed E-state index contributed by atoms with van der Waals surface area (Å²) in [4.78, 5) is 16.6. The summed E-state index contributed by atoms with van der Waals surface area (Å²) >= 11 is 7.96. The van der Waals surface area contributed by atoms with Crippen LogP contribution in [0.3, 0.4) is 0 Å². The van der Waals surface area contributed by atoms with Crippen molar-refractivity contribution < 1.29 is 0 Å². The van der Waals surface area contributed by atoms with Crippen molar-refractivity contribution >= 4 is 33.8 Å². The minimum Gasteiger partial charge on any atom is -0.369 e. The van der Waals surface area contributed by atoms with Gasteiger partial charge in [-0.1, -0.05) is 22.9 Å². The number of anilines is 2. The average molecular weight is 352 g/mol. The van der Waals surface area contributed by atoms with Gasteiger partial charge in [0.25, 0.3) is 0 Å². The highest BCUT2D eigenvalue weighted by atomic mass is 35.5. The molecule has 23 heavy (non-hydrogen) atoms. The fraction of sp³-hybridized carbons (Fsp3) is 0.500. The zero-order valence-corrected chi connectivity index (χ0v) is 15.4. The number of hydrogen-bond donors (Lipinski definition) is 0. The number of hydrogen-bond acceptors (Lipinski definition) is 6. The van der Waals surface area contributed by atoms with Crippen LogP contribution in [-0.2, 0) is 6.54 Å². The summed E-state index contributed by atoms with van der Waals surface area (Å²) in [6, 6.07) is 2.11. The van der Waals surface area contributed by atoms with E-state index in [1.54, 1.807) is 11.3 Å². The molecule has 0 unspecified atom stereocenters. The van der Waals surface area contributed by atoms with E-state index in [9.17, 15) is 0 Å². The molecule has 0 bridgehead atoms. The summed E-state index contributed by atoms with van der Waals surface area (Å²) in [6.07, 6.45) is 3.80. The lowest BCUT2D eigenvalue weighted by Gasteiger charge is -2.36. The lowest BCUT2D eigenvalue weighted by molar-refractivity contribution is 0.252. The highest BCUT2D eigenvalue weighted by Gasteiger charge is 2.20. The molecule has 1 fully saturated rings. The van der Waals surface area contributed by atoms with Gasteiger partial charge >= 0.3 is 0 Å². The van der Waals surface area contributed by atoms with Gasteiger partial charge in [-0.3, -0.25) is 9.88 Å². The van der Waals surface area contributed by atoms with E-state index in [1.807, 2.05) is 31.4 Å². The van der Waals surface area contributed by atoms with E-state index < -0.39 is 0 Å². The summed E-state index contributed by atoms with van der Waals surface area (Å²) in [5.74, 6) is 0. The van der Waals surface area contributed by atoms with Crippen LogP contribution in [0, 0.1) is 6.92 Å². The molecule has 0 radical (unpaired) electrons. The van der Waals surface area contributed by atoms with Gasteiger partial charge in [0.2, 0.25) is 0 Å². The van der Waals surface area contributed by atoms with Gasteiger partial charge in [0.05, 0.1) is 4.88 Å². The molecular weight excluding hydrogens is 330 g/mol. The summed E-state index contributed by atoms with van der Waals surface area (Å²) in [5.41, 5.74) is 2.53. The van der Waals surface area contributed by atoms with Crippen molar-refractivity contribution in [1.82, 2.24) is 14.9 Å². The Morgan fingerprint density at radius 2 is 2.00 bits per heavy atom. The molecule has 0 atom stereocenters. The smallest absolute Gasteiger partial charge is 0.186 e. The van der Waals surface area contributed by atoms with Crippen LogP contribution in [0.2, 0.25) is 5.15 Å². The molecule has 3 heterocycles. The van der Waals surface area contributed by atoms with Crippen LogP contribution in [-0.4, -0.2) is 55.1 Å². The number of pyridine rings is 1. The molecule has 0 amide bonds. The predicted octanol–water partition coefficient (Wildman–Crippen LogP) is 2.89. The molecule has 1 aliphatic heterocycles. The number of aromatic nitrogens is 2. The van der Waals surface area contributed by atoms with E-state index in [4.69, 9.17) is 11.6 Å². The SMILES string of the molecule is Cc1cnccc1N1CCN(Cc2sc(N(C)C)nc2Cl)CC1. The number of piperazine rings is 1. The third-order valence-electron chi connectivity index (χ3n) is 4.09. The van der Waals surface area contributed by atoms with Crippen LogP contribution >= 0.6 is 22.9 Å². The Morgan fingerprint density at radius 3 is 2.61 bits per heavy atom. The van der Waals surface area contributed by atoms with Crippen molar-refractivity contribution in [3.63, 3.8) is 0 Å². The van der Waals surface area contributed by atoms with Crippen LogP contribution < -0.4 is 9.80 Å². The van der Waals surface area contributed by atoms with E-state index in [0.717, 1.165) is 42.7 Å². The topological polar surface area (TPSA) is 35.5 Å². The van der Waals surface area contributed by atoms with Crippen molar-refractivity contribution in [2.24, 2.45) is 0 Å². The Morgan fingerprint density at radius 1 is 1.26 bits per heavy atom. The second-order valence-corrected chi connectivity index (χ2v) is 7.45. The first-order valence-corrected chi connectivity index (χ1v) is 8.94. The molecule has 7 heteroatoms. The number of aryl methyl sites for hydroxylation is 1. The molecule has 0 aromatic carbocycles. The Bertz CT molecular complexity index is 664. The minimum atomic E-state index is 0.645. The van der Waals surface area contributed by atoms with E-state index in [-0.39, 0.29) is 0 Å². The molecule has 5 nitrogen and oxygen atoms in total. The lowest BCUT2D eigenvalue weighted by atomic mass is 10.2. The first kappa shape index (κ1) is 16.5. The Kier molecular flexibility index (Phi) is 5.04. The first-order chi connectivity index (χ1) is 11.0. The monoisotopic (exact) mass is 351 g/mol. The molecule has 0 aliphatic carbocycles. The van der Waals surface area contributed by atoms with Crippen LogP contribution in [0.5, 0.6) is 0 Å². The van der Waals surface area contributed by atoms with Gasteiger partial charge in [-0.05, 0) is 18.6 Å². The number of halogens is 1. The largest absolute Gasteiger partial charge is 0.369 e. The fourth-order valence-electron chi connectivity index (χ4n) is 2.78. The maximum Gasteiger partial charge on any atom is 0.186 e. The molecule has 1 saturated heterocycles. The zero-order valence-electron chi connectivity index (χ0n) is 13.8. The third-order valence-corrected chi connectivity index (χ3v) is 5.72. The third kappa shape index (κ3) is 3.76. The minimum absolute atomic E-state index is 0.645. The molecule has 124 valence electrons. The van der Waals surface area contributed by atoms with E-state index in [1.165, 1.54) is 11.3 Å². The van der Waals surface area contributed by atoms with Crippen molar-refractivity contribution in [1.29, 1.82) is 0 Å². The number of rotatable bonds is 4. The van der Waals surface area contributed by atoms with Gasteiger partial charge < -0.3 is 9.80 Å². The van der Waals surface area contributed by atoms with E-state index >= 15 is 0 Å². The molecule has 2 aromatic rings. The summed E-state index contributed by atoms with van der Waals surface area (Å²) in [5, 5.41) is 1.61. The highest BCUT2D eigenvalue weighted by Crippen LogP contribution is 2.30.